The fourth-order valence-corrected chi connectivity index (χ4v) is 6.60. The van der Waals surface area contributed by atoms with Gasteiger partial charge >= 0.3 is 0 Å². The van der Waals surface area contributed by atoms with Gasteiger partial charge in [-0.15, -0.1) is 0 Å². The van der Waals surface area contributed by atoms with Crippen LogP contribution in [0.5, 0.6) is 0 Å². The monoisotopic (exact) mass is 621 g/mol. The average Bonchev–Trinajstić information content (AvgIpc) is 2.93. The summed E-state index contributed by atoms with van der Waals surface area (Å²) in [5, 5.41) is 0. The second kappa shape index (κ2) is 12.4. The van der Waals surface area contributed by atoms with E-state index in [1.807, 2.05) is 0 Å². The van der Waals surface area contributed by atoms with Crippen LogP contribution in [0, 0.1) is 0 Å². The lowest BCUT2D eigenvalue weighted by molar-refractivity contribution is 0.574. The van der Waals surface area contributed by atoms with Crippen molar-refractivity contribution in [3.05, 3.63) is 94.5 Å². The molecule has 1 aromatic heterocycles. The first kappa shape index (κ1) is 30.7. The molecule has 0 bridgehead atoms. The highest BCUT2D eigenvalue weighted by Gasteiger charge is 2.28. The highest BCUT2D eigenvalue weighted by molar-refractivity contribution is 9.10. The molecule has 3 aromatic rings. The van der Waals surface area contributed by atoms with E-state index in [2.05, 4.69) is 146 Å². The minimum absolute atomic E-state index is 0.00565. The standard InChI is InChI=1S/C37H45BBrN3/c1-36(2,3)26-20-28(38)24-32(22-26)41(30-14-9-7-10-15-30)34-18-13-19-35(40-34)42(31-16-11-8-12-17-31)33-23-27(37(4,5)6)21-29(39)25-33/h7-9,11,13,18-25,30-31H,10,12,14-17H2,1-6H3. The Morgan fingerprint density at radius 2 is 1.19 bits per heavy atom. The Labute approximate surface area is 263 Å². The Morgan fingerprint density at radius 1 is 0.690 bits per heavy atom. The lowest BCUT2D eigenvalue weighted by Crippen LogP contribution is -2.35. The van der Waals surface area contributed by atoms with Crippen LogP contribution >= 0.6 is 15.9 Å². The molecule has 2 unspecified atom stereocenters. The zero-order valence-electron chi connectivity index (χ0n) is 26.2. The quantitative estimate of drug-likeness (QED) is 0.202. The summed E-state index contributed by atoms with van der Waals surface area (Å²) in [7, 11) is 6.54. The molecular weight excluding hydrogens is 577 g/mol. The third kappa shape index (κ3) is 7.05. The number of nitrogens with zero attached hydrogens (tertiary/aromatic N) is 3. The van der Waals surface area contributed by atoms with Crippen LogP contribution in [0.3, 0.4) is 0 Å². The smallest absolute Gasteiger partial charge is 0.135 e. The first-order chi connectivity index (χ1) is 19.9. The van der Waals surface area contributed by atoms with Crippen molar-refractivity contribution in [3.8, 4) is 0 Å². The van der Waals surface area contributed by atoms with Crippen molar-refractivity contribution in [1.29, 1.82) is 0 Å². The van der Waals surface area contributed by atoms with Gasteiger partial charge in [0, 0.05) is 27.9 Å². The number of aromatic nitrogens is 1. The van der Waals surface area contributed by atoms with Gasteiger partial charge in [0.05, 0.1) is 0 Å². The molecule has 0 saturated heterocycles. The van der Waals surface area contributed by atoms with Crippen LogP contribution in [0.2, 0.25) is 0 Å². The highest BCUT2D eigenvalue weighted by Crippen LogP contribution is 2.39. The van der Waals surface area contributed by atoms with Gasteiger partial charge in [-0.1, -0.05) is 99.4 Å². The Kier molecular flexibility index (Phi) is 9.09. The summed E-state index contributed by atoms with van der Waals surface area (Å²) in [6, 6.07) is 20.6. The molecule has 0 amide bonds. The number of pyridine rings is 1. The Bertz CT molecular complexity index is 1360. The summed E-state index contributed by atoms with van der Waals surface area (Å²) in [6.45, 7) is 13.6. The van der Waals surface area contributed by atoms with Crippen LogP contribution in [0.25, 0.3) is 0 Å². The molecule has 3 nitrogen and oxygen atoms in total. The van der Waals surface area contributed by atoms with E-state index in [1.54, 1.807) is 0 Å². The van der Waals surface area contributed by atoms with E-state index in [9.17, 15) is 0 Å². The summed E-state index contributed by atoms with van der Waals surface area (Å²) in [5.74, 6) is 1.96. The number of rotatable bonds is 6. The predicted octanol–water partition coefficient (Wildman–Crippen LogP) is 9.73. The van der Waals surface area contributed by atoms with Gasteiger partial charge in [-0.2, -0.15) is 0 Å². The molecule has 1 heterocycles. The predicted molar refractivity (Wildman–Crippen MR) is 185 cm³/mol. The number of anilines is 4. The second-order valence-corrected chi connectivity index (χ2v) is 14.9. The molecule has 5 heteroatoms. The van der Waals surface area contributed by atoms with Crippen molar-refractivity contribution in [1.82, 2.24) is 4.98 Å². The second-order valence-electron chi connectivity index (χ2n) is 14.0. The normalized spacial score (nSPS) is 19.1. The maximum absolute atomic E-state index is 6.54. The van der Waals surface area contributed by atoms with Crippen molar-refractivity contribution in [2.24, 2.45) is 0 Å². The fourth-order valence-electron chi connectivity index (χ4n) is 6.12. The van der Waals surface area contributed by atoms with Crippen LogP contribution in [-0.2, 0) is 10.8 Å². The lowest BCUT2D eigenvalue weighted by atomic mass is 9.82. The maximum Gasteiger partial charge on any atom is 0.135 e. The molecule has 218 valence electrons. The van der Waals surface area contributed by atoms with Crippen LogP contribution in [-0.4, -0.2) is 24.9 Å². The first-order valence-electron chi connectivity index (χ1n) is 15.5. The van der Waals surface area contributed by atoms with E-state index in [1.165, 1.54) is 16.8 Å². The van der Waals surface area contributed by atoms with E-state index >= 15 is 0 Å². The van der Waals surface area contributed by atoms with Crippen molar-refractivity contribution in [3.63, 3.8) is 0 Å². The molecule has 2 aliphatic carbocycles. The summed E-state index contributed by atoms with van der Waals surface area (Å²) in [5.41, 5.74) is 5.68. The Morgan fingerprint density at radius 3 is 1.67 bits per heavy atom. The van der Waals surface area contributed by atoms with Crippen molar-refractivity contribution < 1.29 is 0 Å². The van der Waals surface area contributed by atoms with Crippen LogP contribution < -0.4 is 15.3 Å². The van der Waals surface area contributed by atoms with Gasteiger partial charge < -0.3 is 9.80 Å². The molecule has 5 rings (SSSR count). The number of halogens is 1. The third-order valence-corrected chi connectivity index (χ3v) is 9.00. The van der Waals surface area contributed by atoms with Gasteiger partial charge in [0.1, 0.15) is 19.5 Å². The zero-order chi connectivity index (χ0) is 30.1. The van der Waals surface area contributed by atoms with Crippen molar-refractivity contribution in [2.45, 2.75) is 103 Å². The third-order valence-electron chi connectivity index (χ3n) is 8.54. The number of hydrogen-bond acceptors (Lipinski definition) is 3. The van der Waals surface area contributed by atoms with Gasteiger partial charge in [-0.05, 0) is 103 Å². The minimum Gasteiger partial charge on any atom is -0.323 e. The number of allylic oxidation sites excluding steroid dienone is 2. The topological polar surface area (TPSA) is 19.4 Å². The maximum atomic E-state index is 6.54. The van der Waals surface area contributed by atoms with E-state index in [-0.39, 0.29) is 10.8 Å². The van der Waals surface area contributed by atoms with Crippen LogP contribution in [0.4, 0.5) is 23.0 Å². The van der Waals surface area contributed by atoms with E-state index in [4.69, 9.17) is 12.8 Å². The molecule has 0 aliphatic heterocycles. The Hall–Kier alpha value is -2.79. The molecule has 0 spiro atoms. The van der Waals surface area contributed by atoms with Gasteiger partial charge in [0.15, 0.2) is 0 Å². The van der Waals surface area contributed by atoms with Gasteiger partial charge in [0.2, 0.25) is 0 Å². The highest BCUT2D eigenvalue weighted by atomic mass is 79.9. The molecular formula is C37H45BBrN3. The van der Waals surface area contributed by atoms with Crippen LogP contribution in [0.15, 0.2) is 83.4 Å². The Balaban J connectivity index is 1.65. The largest absolute Gasteiger partial charge is 0.323 e. The van der Waals surface area contributed by atoms with E-state index < -0.39 is 0 Å². The molecule has 0 saturated carbocycles. The number of hydrogen-bond donors (Lipinski definition) is 0. The van der Waals surface area contributed by atoms with Gasteiger partial charge in [-0.25, -0.2) is 4.98 Å². The molecule has 2 aliphatic rings. The zero-order valence-corrected chi connectivity index (χ0v) is 27.8. The van der Waals surface area contributed by atoms with Gasteiger partial charge in [0.25, 0.3) is 0 Å². The van der Waals surface area contributed by atoms with Crippen molar-refractivity contribution >= 4 is 52.2 Å². The summed E-state index contributed by atoms with van der Waals surface area (Å²) < 4.78 is 1.10. The van der Waals surface area contributed by atoms with Crippen LogP contribution in [0.1, 0.15) is 91.2 Å². The molecule has 0 N–H and O–H groups in total. The van der Waals surface area contributed by atoms with E-state index in [0.717, 1.165) is 65.8 Å². The lowest BCUT2D eigenvalue weighted by Gasteiger charge is -2.37. The molecule has 42 heavy (non-hydrogen) atoms. The number of benzene rings is 2. The summed E-state index contributed by atoms with van der Waals surface area (Å²) in [4.78, 5) is 10.4. The first-order valence-corrected chi connectivity index (χ1v) is 16.3. The summed E-state index contributed by atoms with van der Waals surface area (Å²) >= 11 is 3.83. The molecule has 0 fully saturated rings. The molecule has 2 radical (unpaired) electrons. The van der Waals surface area contributed by atoms with Crippen molar-refractivity contribution in [2.75, 3.05) is 9.80 Å². The van der Waals surface area contributed by atoms with Gasteiger partial charge in [-0.3, -0.25) is 0 Å². The molecule has 2 aromatic carbocycles. The van der Waals surface area contributed by atoms with E-state index in [0.29, 0.717) is 12.1 Å². The fraction of sp³-hybridized carbons (Fsp3) is 0.432. The SMILES string of the molecule is [B]c1cc(N(c2cccc(N(c3cc(Br)cc(C(C)(C)C)c3)C3CC=CCC3)n2)C2CC=CCC2)cc(C(C)(C)C)c1. The average molecular weight is 623 g/mol. The molecule has 2 atom stereocenters. The minimum atomic E-state index is -0.00565. The summed E-state index contributed by atoms with van der Waals surface area (Å²) in [6.07, 6.45) is 15.6.